The highest BCUT2D eigenvalue weighted by Crippen LogP contribution is 2.44. The molecule has 2 rings (SSSR count). The van der Waals surface area contributed by atoms with Gasteiger partial charge in [-0.15, -0.1) is 11.6 Å². The minimum absolute atomic E-state index is 0.0110. The van der Waals surface area contributed by atoms with E-state index in [4.69, 9.17) is 11.6 Å². The van der Waals surface area contributed by atoms with E-state index in [0.29, 0.717) is 17.9 Å². The average molecular weight is 315 g/mol. The maximum atomic E-state index is 13.9. The third-order valence-corrected chi connectivity index (χ3v) is 5.56. The third-order valence-electron chi connectivity index (χ3n) is 5.00. The second-order valence-electron chi connectivity index (χ2n) is 6.63. The van der Waals surface area contributed by atoms with Gasteiger partial charge < -0.3 is 0 Å². The number of hydrogen-bond acceptors (Lipinski definition) is 0. The molecule has 0 amide bonds. The summed E-state index contributed by atoms with van der Waals surface area (Å²) in [4.78, 5) is 0. The minimum Gasteiger partial charge on any atom is -0.207 e. The molecule has 1 saturated carbocycles. The standard InChI is InChI=1S/C18H25ClF2/c1-2-3-4-14-7-9-18(13-19,10-8-14)12-15-5-6-16(20)11-17(15)21/h5-6,11,14H,2-4,7-10,12-13H2,1H3. The Hall–Kier alpha value is -0.630. The van der Waals surface area contributed by atoms with E-state index in [9.17, 15) is 8.78 Å². The van der Waals surface area contributed by atoms with Gasteiger partial charge in [-0.1, -0.05) is 32.3 Å². The zero-order valence-electron chi connectivity index (χ0n) is 12.8. The molecule has 3 heteroatoms. The zero-order chi connectivity index (χ0) is 15.3. The molecule has 0 nitrogen and oxygen atoms in total. The first-order valence-corrected chi connectivity index (χ1v) is 8.62. The van der Waals surface area contributed by atoms with Crippen molar-refractivity contribution >= 4 is 11.6 Å². The second kappa shape index (κ2) is 7.58. The van der Waals surface area contributed by atoms with E-state index in [1.807, 2.05) is 0 Å². The molecular formula is C18H25ClF2. The lowest BCUT2D eigenvalue weighted by atomic mass is 9.68. The molecule has 0 N–H and O–H groups in total. The highest BCUT2D eigenvalue weighted by Gasteiger charge is 2.35. The van der Waals surface area contributed by atoms with Crippen molar-refractivity contribution in [2.75, 3.05) is 5.88 Å². The first-order valence-electron chi connectivity index (χ1n) is 8.08. The third kappa shape index (κ3) is 4.42. The minimum atomic E-state index is -0.514. The van der Waals surface area contributed by atoms with Gasteiger partial charge in [0.25, 0.3) is 0 Å². The maximum Gasteiger partial charge on any atom is 0.129 e. The molecule has 0 bridgehead atoms. The summed E-state index contributed by atoms with van der Waals surface area (Å²) >= 11 is 6.23. The lowest BCUT2D eigenvalue weighted by Crippen LogP contribution is -2.32. The lowest BCUT2D eigenvalue weighted by molar-refractivity contribution is 0.164. The monoisotopic (exact) mass is 314 g/mol. The second-order valence-corrected chi connectivity index (χ2v) is 6.90. The lowest BCUT2D eigenvalue weighted by Gasteiger charge is -2.39. The topological polar surface area (TPSA) is 0 Å². The van der Waals surface area contributed by atoms with Crippen LogP contribution in [-0.2, 0) is 6.42 Å². The van der Waals surface area contributed by atoms with E-state index in [-0.39, 0.29) is 5.41 Å². The Labute approximate surface area is 131 Å². The van der Waals surface area contributed by atoms with Gasteiger partial charge in [0, 0.05) is 11.9 Å². The van der Waals surface area contributed by atoms with Crippen molar-refractivity contribution in [1.82, 2.24) is 0 Å². The Balaban J connectivity index is 1.99. The van der Waals surface area contributed by atoms with Gasteiger partial charge in [0.2, 0.25) is 0 Å². The molecule has 1 aromatic rings. The van der Waals surface area contributed by atoms with E-state index < -0.39 is 11.6 Å². The van der Waals surface area contributed by atoms with Gasteiger partial charge in [-0.2, -0.15) is 0 Å². The molecule has 1 aliphatic rings. The van der Waals surface area contributed by atoms with Crippen molar-refractivity contribution in [3.63, 3.8) is 0 Å². The molecule has 21 heavy (non-hydrogen) atoms. The summed E-state index contributed by atoms with van der Waals surface area (Å²) < 4.78 is 26.9. The Morgan fingerprint density at radius 1 is 1.24 bits per heavy atom. The van der Waals surface area contributed by atoms with Crippen LogP contribution in [0.2, 0.25) is 0 Å². The predicted molar refractivity (Wildman–Crippen MR) is 84.7 cm³/mol. The fourth-order valence-corrected chi connectivity index (χ4v) is 3.86. The summed E-state index contributed by atoms with van der Waals surface area (Å²) in [6, 6.07) is 3.89. The van der Waals surface area contributed by atoms with Crippen LogP contribution in [-0.4, -0.2) is 5.88 Å². The van der Waals surface area contributed by atoms with Crippen LogP contribution in [0.5, 0.6) is 0 Å². The van der Waals surface area contributed by atoms with Gasteiger partial charge in [0.15, 0.2) is 0 Å². The molecule has 118 valence electrons. The number of hydrogen-bond donors (Lipinski definition) is 0. The highest BCUT2D eigenvalue weighted by atomic mass is 35.5. The Bertz CT molecular complexity index is 451. The van der Waals surface area contributed by atoms with Crippen LogP contribution in [0.1, 0.15) is 57.4 Å². The van der Waals surface area contributed by atoms with Crippen LogP contribution < -0.4 is 0 Å². The summed E-state index contributed by atoms with van der Waals surface area (Å²) in [5.74, 6) is 0.413. The highest BCUT2D eigenvalue weighted by molar-refractivity contribution is 6.18. The molecule has 1 aliphatic carbocycles. The summed E-state index contributed by atoms with van der Waals surface area (Å²) in [7, 11) is 0. The average Bonchev–Trinajstić information content (AvgIpc) is 2.49. The molecule has 0 spiro atoms. The molecule has 0 aliphatic heterocycles. The maximum absolute atomic E-state index is 13.9. The number of halogens is 3. The molecule has 0 heterocycles. The first-order chi connectivity index (χ1) is 10.1. The van der Waals surface area contributed by atoms with Crippen LogP contribution in [0.3, 0.4) is 0 Å². The summed E-state index contributed by atoms with van der Waals surface area (Å²) in [6.07, 6.45) is 8.97. The van der Waals surface area contributed by atoms with Crippen LogP contribution in [0.4, 0.5) is 8.78 Å². The summed E-state index contributed by atoms with van der Waals surface area (Å²) in [5, 5.41) is 0. The van der Waals surface area contributed by atoms with Crippen molar-refractivity contribution in [2.45, 2.75) is 58.3 Å². The zero-order valence-corrected chi connectivity index (χ0v) is 13.6. The van der Waals surface area contributed by atoms with Crippen LogP contribution in [0.15, 0.2) is 18.2 Å². The molecule has 0 unspecified atom stereocenters. The Kier molecular flexibility index (Phi) is 6.04. The summed E-state index contributed by atoms with van der Waals surface area (Å²) in [5.41, 5.74) is 0.590. The van der Waals surface area contributed by atoms with Crippen molar-refractivity contribution in [3.05, 3.63) is 35.4 Å². The number of unbranched alkanes of at least 4 members (excludes halogenated alkanes) is 1. The van der Waals surface area contributed by atoms with Crippen LogP contribution >= 0.6 is 11.6 Å². The summed E-state index contributed by atoms with van der Waals surface area (Å²) in [6.45, 7) is 2.23. The first kappa shape index (κ1) is 16.7. The normalized spacial score (nSPS) is 26.0. The van der Waals surface area contributed by atoms with Gasteiger partial charge in [-0.3, -0.25) is 0 Å². The molecule has 0 atom stereocenters. The van der Waals surface area contributed by atoms with Crippen LogP contribution in [0.25, 0.3) is 0 Å². The van der Waals surface area contributed by atoms with Crippen molar-refractivity contribution < 1.29 is 8.78 Å². The van der Waals surface area contributed by atoms with Crippen molar-refractivity contribution in [1.29, 1.82) is 0 Å². The SMILES string of the molecule is CCCCC1CCC(CCl)(Cc2ccc(F)cc2F)CC1. The molecule has 0 radical (unpaired) electrons. The fraction of sp³-hybridized carbons (Fsp3) is 0.667. The molecule has 0 saturated heterocycles. The number of rotatable bonds is 6. The van der Waals surface area contributed by atoms with E-state index in [0.717, 1.165) is 24.8 Å². The number of alkyl halides is 1. The quantitative estimate of drug-likeness (QED) is 0.555. The van der Waals surface area contributed by atoms with Gasteiger partial charge in [0.1, 0.15) is 11.6 Å². The van der Waals surface area contributed by atoms with E-state index in [2.05, 4.69) is 6.92 Å². The van der Waals surface area contributed by atoms with E-state index in [1.165, 1.54) is 38.2 Å². The molecule has 1 aromatic carbocycles. The largest absolute Gasteiger partial charge is 0.207 e. The Morgan fingerprint density at radius 3 is 2.52 bits per heavy atom. The van der Waals surface area contributed by atoms with E-state index in [1.54, 1.807) is 6.07 Å². The Morgan fingerprint density at radius 2 is 1.95 bits per heavy atom. The predicted octanol–water partition coefficient (Wildman–Crippen LogP) is 6.11. The van der Waals surface area contributed by atoms with Crippen molar-refractivity contribution in [2.24, 2.45) is 11.3 Å². The van der Waals surface area contributed by atoms with Gasteiger partial charge >= 0.3 is 0 Å². The van der Waals surface area contributed by atoms with Gasteiger partial charge in [0.05, 0.1) is 0 Å². The molecular weight excluding hydrogens is 290 g/mol. The smallest absolute Gasteiger partial charge is 0.129 e. The number of benzene rings is 1. The molecule has 0 aromatic heterocycles. The molecule has 1 fully saturated rings. The van der Waals surface area contributed by atoms with Gasteiger partial charge in [-0.05, 0) is 55.1 Å². The van der Waals surface area contributed by atoms with Crippen molar-refractivity contribution in [3.8, 4) is 0 Å². The van der Waals surface area contributed by atoms with Crippen LogP contribution in [0, 0.1) is 23.0 Å². The fourth-order valence-electron chi connectivity index (χ4n) is 3.50. The van der Waals surface area contributed by atoms with E-state index >= 15 is 0 Å². The van der Waals surface area contributed by atoms with Gasteiger partial charge in [-0.25, -0.2) is 8.78 Å².